The zero-order valence-electron chi connectivity index (χ0n) is 15.2. The number of aromatic amines is 1. The van der Waals surface area contributed by atoms with E-state index in [1.165, 1.54) is 0 Å². The number of hydrogen-bond acceptors (Lipinski definition) is 5. The summed E-state index contributed by atoms with van der Waals surface area (Å²) in [5.41, 5.74) is 3.47. The molecular formula is C20H22N6O. The topological polar surface area (TPSA) is 86.8 Å². The summed E-state index contributed by atoms with van der Waals surface area (Å²) >= 11 is 0. The van der Waals surface area contributed by atoms with Crippen LogP contribution in [0.3, 0.4) is 0 Å². The van der Waals surface area contributed by atoms with Crippen molar-refractivity contribution >= 4 is 11.7 Å². The Bertz CT molecular complexity index is 906. The van der Waals surface area contributed by atoms with Crippen molar-refractivity contribution < 1.29 is 4.79 Å². The number of carbonyl (C=O) groups excluding carboxylic acids is 1. The zero-order valence-corrected chi connectivity index (χ0v) is 15.2. The van der Waals surface area contributed by atoms with Crippen molar-refractivity contribution in [2.45, 2.75) is 32.4 Å². The standard InChI is InChI=1S/C20H22N6O/c1-14-7-8-19(22-10-14)25-20(27)17-5-2-4-16(24-17)18-6-3-9-26(18)12-15-11-21-13-23-15/h2,4-5,7-8,10-11,13,18H,3,6,9,12H2,1H3,(H,21,23)(H,22,25,27)/t18-/m1/s1. The number of amides is 1. The Morgan fingerprint density at radius 2 is 2.22 bits per heavy atom. The highest BCUT2D eigenvalue weighted by Crippen LogP contribution is 2.31. The SMILES string of the molecule is Cc1ccc(NC(=O)c2cccc([C@H]3CCCN3Cc3cnc[nH]3)n2)nc1. The lowest BCUT2D eigenvalue weighted by molar-refractivity contribution is 0.102. The van der Waals surface area contributed by atoms with Gasteiger partial charge in [0.2, 0.25) is 0 Å². The van der Waals surface area contributed by atoms with Crippen LogP contribution in [0.5, 0.6) is 0 Å². The second-order valence-corrected chi connectivity index (χ2v) is 6.83. The number of anilines is 1. The summed E-state index contributed by atoms with van der Waals surface area (Å²) in [5, 5.41) is 2.81. The van der Waals surface area contributed by atoms with E-state index < -0.39 is 0 Å². The fourth-order valence-corrected chi connectivity index (χ4v) is 3.43. The van der Waals surface area contributed by atoms with Crippen LogP contribution in [0.4, 0.5) is 5.82 Å². The summed E-state index contributed by atoms with van der Waals surface area (Å²) in [6.07, 6.45) is 7.42. The molecule has 4 rings (SSSR count). The predicted octanol–water partition coefficient (Wildman–Crippen LogP) is 3.10. The van der Waals surface area contributed by atoms with E-state index in [2.05, 4.69) is 30.2 Å². The smallest absolute Gasteiger partial charge is 0.275 e. The second-order valence-electron chi connectivity index (χ2n) is 6.83. The fourth-order valence-electron chi connectivity index (χ4n) is 3.43. The first-order valence-corrected chi connectivity index (χ1v) is 9.11. The van der Waals surface area contributed by atoms with E-state index in [0.717, 1.165) is 42.9 Å². The van der Waals surface area contributed by atoms with Crippen molar-refractivity contribution in [3.8, 4) is 0 Å². The van der Waals surface area contributed by atoms with Crippen LogP contribution < -0.4 is 5.32 Å². The molecule has 0 radical (unpaired) electrons. The van der Waals surface area contributed by atoms with Gasteiger partial charge in [-0.25, -0.2) is 15.0 Å². The largest absolute Gasteiger partial charge is 0.347 e. The summed E-state index contributed by atoms with van der Waals surface area (Å²) < 4.78 is 0. The highest BCUT2D eigenvalue weighted by Gasteiger charge is 2.27. The summed E-state index contributed by atoms with van der Waals surface area (Å²) in [4.78, 5) is 31.0. The molecule has 0 saturated carbocycles. The Labute approximate surface area is 157 Å². The molecule has 2 N–H and O–H groups in total. The average Bonchev–Trinajstić information content (AvgIpc) is 3.36. The minimum Gasteiger partial charge on any atom is -0.347 e. The van der Waals surface area contributed by atoms with Gasteiger partial charge in [-0.3, -0.25) is 9.69 Å². The van der Waals surface area contributed by atoms with E-state index >= 15 is 0 Å². The maximum Gasteiger partial charge on any atom is 0.275 e. The van der Waals surface area contributed by atoms with Crippen LogP contribution in [0.15, 0.2) is 49.1 Å². The average molecular weight is 362 g/mol. The number of H-pyrrole nitrogens is 1. The quantitative estimate of drug-likeness (QED) is 0.728. The van der Waals surface area contributed by atoms with Crippen molar-refractivity contribution in [2.75, 3.05) is 11.9 Å². The van der Waals surface area contributed by atoms with Gasteiger partial charge in [-0.05, 0) is 50.1 Å². The van der Waals surface area contributed by atoms with Gasteiger partial charge in [0.1, 0.15) is 11.5 Å². The number of nitrogens with zero attached hydrogens (tertiary/aromatic N) is 4. The number of hydrogen-bond donors (Lipinski definition) is 2. The third-order valence-corrected chi connectivity index (χ3v) is 4.79. The van der Waals surface area contributed by atoms with E-state index in [-0.39, 0.29) is 11.9 Å². The number of likely N-dealkylation sites (tertiary alicyclic amines) is 1. The lowest BCUT2D eigenvalue weighted by Gasteiger charge is -2.23. The van der Waals surface area contributed by atoms with Crippen LogP contribution in [0, 0.1) is 6.92 Å². The van der Waals surface area contributed by atoms with Crippen LogP contribution in [-0.2, 0) is 6.54 Å². The molecule has 0 aromatic carbocycles. The van der Waals surface area contributed by atoms with Crippen molar-refractivity contribution in [1.82, 2.24) is 24.8 Å². The molecule has 4 heterocycles. The lowest BCUT2D eigenvalue weighted by atomic mass is 10.1. The van der Waals surface area contributed by atoms with Gasteiger partial charge in [-0.2, -0.15) is 0 Å². The highest BCUT2D eigenvalue weighted by molar-refractivity contribution is 6.02. The number of pyridine rings is 2. The summed E-state index contributed by atoms with van der Waals surface area (Å²) in [5.74, 6) is 0.283. The summed E-state index contributed by atoms with van der Waals surface area (Å²) in [7, 11) is 0. The number of aromatic nitrogens is 4. The molecule has 3 aromatic heterocycles. The zero-order chi connectivity index (χ0) is 18.6. The molecule has 0 spiro atoms. The van der Waals surface area contributed by atoms with Crippen LogP contribution in [0.1, 0.15) is 46.3 Å². The molecule has 1 atom stereocenters. The third-order valence-electron chi connectivity index (χ3n) is 4.79. The monoisotopic (exact) mass is 362 g/mol. The molecule has 1 aliphatic heterocycles. The molecule has 1 fully saturated rings. The molecule has 0 bridgehead atoms. The molecule has 0 aliphatic carbocycles. The second kappa shape index (κ2) is 7.67. The van der Waals surface area contributed by atoms with Gasteiger partial charge >= 0.3 is 0 Å². The lowest BCUT2D eigenvalue weighted by Crippen LogP contribution is -2.24. The Morgan fingerprint density at radius 1 is 1.30 bits per heavy atom. The number of imidazole rings is 1. The Hall–Kier alpha value is -3.06. The molecule has 1 aliphatic rings. The third kappa shape index (κ3) is 4.03. The first-order chi connectivity index (χ1) is 13.2. The van der Waals surface area contributed by atoms with Gasteiger partial charge < -0.3 is 10.3 Å². The number of nitrogens with one attached hydrogen (secondary N) is 2. The molecule has 138 valence electrons. The number of rotatable bonds is 5. The maximum absolute atomic E-state index is 12.6. The normalized spacial score (nSPS) is 17.1. The minimum atomic E-state index is -0.244. The van der Waals surface area contributed by atoms with E-state index in [0.29, 0.717) is 11.5 Å². The molecule has 1 amide bonds. The molecule has 27 heavy (non-hydrogen) atoms. The Kier molecular flexibility index (Phi) is 4.93. The van der Waals surface area contributed by atoms with Gasteiger partial charge in [-0.15, -0.1) is 0 Å². The van der Waals surface area contributed by atoms with Gasteiger partial charge in [0.05, 0.1) is 18.1 Å². The molecule has 1 saturated heterocycles. The van der Waals surface area contributed by atoms with Crippen LogP contribution >= 0.6 is 0 Å². The molecule has 7 nitrogen and oxygen atoms in total. The first-order valence-electron chi connectivity index (χ1n) is 9.11. The summed E-state index contributed by atoms with van der Waals surface area (Å²) in [6.45, 7) is 3.77. The Balaban J connectivity index is 1.49. The Morgan fingerprint density at radius 3 is 3.00 bits per heavy atom. The maximum atomic E-state index is 12.6. The van der Waals surface area contributed by atoms with Gasteiger partial charge in [0.15, 0.2) is 0 Å². The minimum absolute atomic E-state index is 0.207. The van der Waals surface area contributed by atoms with Crippen LogP contribution in [0.25, 0.3) is 0 Å². The van der Waals surface area contributed by atoms with E-state index in [4.69, 9.17) is 0 Å². The summed E-state index contributed by atoms with van der Waals surface area (Å²) in [6, 6.07) is 9.54. The van der Waals surface area contributed by atoms with E-state index in [9.17, 15) is 4.79 Å². The molecular weight excluding hydrogens is 340 g/mol. The first kappa shape index (κ1) is 17.4. The van der Waals surface area contributed by atoms with Gasteiger partial charge in [0, 0.05) is 24.6 Å². The fraction of sp³-hybridized carbons (Fsp3) is 0.300. The van der Waals surface area contributed by atoms with Crippen molar-refractivity contribution in [2.24, 2.45) is 0 Å². The van der Waals surface area contributed by atoms with Crippen molar-refractivity contribution in [3.63, 3.8) is 0 Å². The van der Waals surface area contributed by atoms with Gasteiger partial charge in [0.25, 0.3) is 5.91 Å². The van der Waals surface area contributed by atoms with E-state index in [1.54, 1.807) is 24.7 Å². The molecule has 3 aromatic rings. The van der Waals surface area contributed by atoms with Crippen LogP contribution in [0.2, 0.25) is 0 Å². The predicted molar refractivity (Wildman–Crippen MR) is 102 cm³/mol. The molecule has 7 heteroatoms. The highest BCUT2D eigenvalue weighted by atomic mass is 16.1. The van der Waals surface area contributed by atoms with Crippen molar-refractivity contribution in [3.05, 3.63) is 71.7 Å². The van der Waals surface area contributed by atoms with Crippen molar-refractivity contribution in [1.29, 1.82) is 0 Å². The number of carbonyl (C=O) groups is 1. The van der Waals surface area contributed by atoms with Crippen LogP contribution in [-0.4, -0.2) is 37.3 Å². The van der Waals surface area contributed by atoms with Gasteiger partial charge in [-0.1, -0.05) is 12.1 Å². The number of aryl methyl sites for hydroxylation is 1. The molecule has 0 unspecified atom stereocenters. The van der Waals surface area contributed by atoms with E-state index in [1.807, 2.05) is 31.3 Å².